The summed E-state index contributed by atoms with van der Waals surface area (Å²) in [6, 6.07) is 9.15. The summed E-state index contributed by atoms with van der Waals surface area (Å²) in [5.74, 6) is -0.0946. The molecule has 0 amide bonds. The van der Waals surface area contributed by atoms with Gasteiger partial charge in [-0.15, -0.1) is 11.3 Å². The van der Waals surface area contributed by atoms with Gasteiger partial charge in [0.2, 0.25) is 0 Å². The molecule has 4 aromatic heterocycles. The zero-order chi connectivity index (χ0) is 29.4. The van der Waals surface area contributed by atoms with Crippen molar-refractivity contribution >= 4 is 50.0 Å². The second-order valence-electron chi connectivity index (χ2n) is 9.32. The van der Waals surface area contributed by atoms with E-state index in [-0.39, 0.29) is 35.2 Å². The number of thiophene rings is 1. The van der Waals surface area contributed by atoms with Gasteiger partial charge in [0, 0.05) is 34.3 Å². The minimum atomic E-state index is -1.05. The second-order valence-corrected chi connectivity index (χ2v) is 10.6. The van der Waals surface area contributed by atoms with Crippen LogP contribution in [0.2, 0.25) is 5.02 Å². The van der Waals surface area contributed by atoms with Gasteiger partial charge in [-0.25, -0.2) is 9.78 Å². The average Bonchev–Trinajstić information content (AvgIpc) is 3.38. The second kappa shape index (κ2) is 11.2. The number of aromatic carboxylic acids is 1. The summed E-state index contributed by atoms with van der Waals surface area (Å²) < 4.78 is 13.7. The molecule has 0 aliphatic heterocycles. The number of halogens is 1. The minimum absolute atomic E-state index is 0.106. The summed E-state index contributed by atoms with van der Waals surface area (Å²) in [4.78, 5) is 38.6. The van der Waals surface area contributed by atoms with Crippen LogP contribution in [0.25, 0.3) is 32.2 Å². The molecule has 0 saturated carbocycles. The number of benzene rings is 1. The first-order valence-electron chi connectivity index (χ1n) is 12.5. The van der Waals surface area contributed by atoms with Gasteiger partial charge in [0.05, 0.1) is 56.8 Å². The van der Waals surface area contributed by atoms with Gasteiger partial charge in [0.25, 0.3) is 5.56 Å². The van der Waals surface area contributed by atoms with Crippen LogP contribution >= 0.6 is 22.9 Å². The highest BCUT2D eigenvalue weighted by molar-refractivity contribution is 7.18. The van der Waals surface area contributed by atoms with Crippen LogP contribution in [0, 0.1) is 25.2 Å². The Morgan fingerprint density at radius 1 is 1.24 bits per heavy atom. The van der Waals surface area contributed by atoms with E-state index in [2.05, 4.69) is 21.0 Å². The van der Waals surface area contributed by atoms with Gasteiger partial charge in [0.15, 0.2) is 0 Å². The number of nitriles is 1. The van der Waals surface area contributed by atoms with E-state index in [0.29, 0.717) is 49.3 Å². The fourth-order valence-corrected chi connectivity index (χ4v) is 5.89. The fourth-order valence-electron chi connectivity index (χ4n) is 4.70. The Hall–Kier alpha value is -4.37. The molecule has 0 radical (unpaired) electrons. The Morgan fingerprint density at radius 3 is 2.73 bits per heavy atom. The summed E-state index contributed by atoms with van der Waals surface area (Å²) in [6.45, 7) is 5.52. The third-order valence-electron chi connectivity index (χ3n) is 6.76. The van der Waals surface area contributed by atoms with Crippen molar-refractivity contribution in [1.82, 2.24) is 19.5 Å². The molecule has 41 heavy (non-hydrogen) atoms. The lowest BCUT2D eigenvalue weighted by molar-refractivity contribution is 0.0699. The molecular formula is C29H24ClN5O5S. The van der Waals surface area contributed by atoms with Crippen molar-refractivity contribution in [2.24, 2.45) is 0 Å². The molecule has 0 aliphatic rings. The minimum Gasteiger partial charge on any atom is -0.491 e. The van der Waals surface area contributed by atoms with Crippen molar-refractivity contribution < 1.29 is 19.4 Å². The van der Waals surface area contributed by atoms with E-state index in [1.807, 2.05) is 6.07 Å². The van der Waals surface area contributed by atoms with Crippen LogP contribution in [0.15, 0.2) is 40.6 Å². The number of aryl methyl sites for hydroxylation is 2. The van der Waals surface area contributed by atoms with Gasteiger partial charge in [-0.05, 0) is 45.0 Å². The van der Waals surface area contributed by atoms with Gasteiger partial charge in [-0.1, -0.05) is 11.6 Å². The van der Waals surface area contributed by atoms with E-state index in [4.69, 9.17) is 21.1 Å². The smallest absolute Gasteiger partial charge is 0.338 e. The number of methoxy groups -OCH3 is 1. The first kappa shape index (κ1) is 28.2. The molecule has 0 fully saturated rings. The standard InChI is InChI=1S/C29H24ClN5O5S/c1-14-9-19(27-26(33-14)21(13-41-27)29(37)38)18-10-17(30)5-6-23(18)40-8-7-35-16(3)34-22-12-32-25(15(2)39-4)20(11-31)24(22)28(35)36/h5-6,9-10,12-13,15H,7-8H2,1-4H3,(H,37,38). The predicted octanol–water partition coefficient (Wildman–Crippen LogP) is 5.69. The van der Waals surface area contributed by atoms with Gasteiger partial charge in [-0.2, -0.15) is 5.26 Å². The number of carboxylic acid groups (broad SMARTS) is 1. The summed E-state index contributed by atoms with van der Waals surface area (Å²) in [5.41, 5.74) is 3.07. The number of nitrogens with zero attached hydrogens (tertiary/aromatic N) is 5. The Kier molecular flexibility index (Phi) is 7.73. The van der Waals surface area contributed by atoms with Gasteiger partial charge in [-0.3, -0.25) is 19.3 Å². The largest absolute Gasteiger partial charge is 0.491 e. The van der Waals surface area contributed by atoms with Crippen LogP contribution in [0.1, 0.15) is 46.2 Å². The number of hydrogen-bond acceptors (Lipinski definition) is 9. The number of aromatic nitrogens is 4. The van der Waals surface area contributed by atoms with Gasteiger partial charge >= 0.3 is 5.97 Å². The number of rotatable bonds is 8. The zero-order valence-electron chi connectivity index (χ0n) is 22.6. The fraction of sp³-hybridized carbons (Fsp3) is 0.241. The van der Waals surface area contributed by atoms with Crippen molar-refractivity contribution in [1.29, 1.82) is 5.26 Å². The highest BCUT2D eigenvalue weighted by Gasteiger charge is 2.21. The van der Waals surface area contributed by atoms with Crippen molar-refractivity contribution in [3.63, 3.8) is 0 Å². The molecule has 0 aliphatic carbocycles. The van der Waals surface area contributed by atoms with Crippen LogP contribution in [0.4, 0.5) is 0 Å². The molecule has 10 nitrogen and oxygen atoms in total. The molecular weight excluding hydrogens is 566 g/mol. The highest BCUT2D eigenvalue weighted by atomic mass is 35.5. The Bertz CT molecular complexity index is 1950. The summed E-state index contributed by atoms with van der Waals surface area (Å²) >= 11 is 7.64. The van der Waals surface area contributed by atoms with Crippen molar-refractivity contribution in [2.45, 2.75) is 33.4 Å². The van der Waals surface area contributed by atoms with Crippen molar-refractivity contribution in [3.05, 3.63) is 79.6 Å². The molecule has 5 rings (SSSR count). The monoisotopic (exact) mass is 589 g/mol. The Labute approximate surface area is 243 Å². The predicted molar refractivity (Wildman–Crippen MR) is 156 cm³/mol. The summed E-state index contributed by atoms with van der Waals surface area (Å²) in [6.07, 6.45) is 1.00. The topological polar surface area (TPSA) is 140 Å². The number of pyridine rings is 2. The first-order valence-corrected chi connectivity index (χ1v) is 13.8. The number of carbonyl (C=O) groups is 1. The van der Waals surface area contributed by atoms with E-state index < -0.39 is 12.1 Å². The number of fused-ring (bicyclic) bond motifs is 2. The van der Waals surface area contributed by atoms with Crippen LogP contribution in [0.5, 0.6) is 5.75 Å². The quantitative estimate of drug-likeness (QED) is 0.241. The third kappa shape index (κ3) is 5.13. The molecule has 0 spiro atoms. The maximum absolute atomic E-state index is 13.6. The maximum Gasteiger partial charge on any atom is 0.338 e. The Morgan fingerprint density at radius 2 is 2.02 bits per heavy atom. The third-order valence-corrected chi connectivity index (χ3v) is 7.99. The number of carboxylic acids is 1. The lowest BCUT2D eigenvalue weighted by Gasteiger charge is -2.16. The van der Waals surface area contributed by atoms with Crippen molar-refractivity contribution in [2.75, 3.05) is 13.7 Å². The SMILES string of the molecule is COC(C)c1ncc2nc(C)n(CCOc3ccc(Cl)cc3-c3cc(C)nc4c(C(=O)O)csc34)c(=O)c2c1C#N. The van der Waals surface area contributed by atoms with Crippen LogP contribution in [-0.2, 0) is 11.3 Å². The molecule has 1 atom stereocenters. The number of ether oxygens (including phenoxy) is 2. The maximum atomic E-state index is 13.6. The van der Waals surface area contributed by atoms with Crippen LogP contribution in [0.3, 0.4) is 0 Å². The first-order chi connectivity index (χ1) is 19.6. The van der Waals surface area contributed by atoms with Gasteiger partial charge in [0.1, 0.15) is 24.3 Å². The molecule has 1 unspecified atom stereocenters. The van der Waals surface area contributed by atoms with E-state index in [0.717, 1.165) is 5.56 Å². The van der Waals surface area contributed by atoms with E-state index >= 15 is 0 Å². The molecule has 0 bridgehead atoms. The average molecular weight is 590 g/mol. The van der Waals surface area contributed by atoms with Gasteiger partial charge < -0.3 is 14.6 Å². The van der Waals surface area contributed by atoms with Crippen molar-refractivity contribution in [3.8, 4) is 22.9 Å². The molecule has 208 valence electrons. The highest BCUT2D eigenvalue weighted by Crippen LogP contribution is 2.40. The zero-order valence-corrected chi connectivity index (χ0v) is 24.1. The molecule has 1 N–H and O–H groups in total. The van der Waals surface area contributed by atoms with Crippen LogP contribution < -0.4 is 10.3 Å². The molecule has 1 aromatic carbocycles. The normalized spacial score (nSPS) is 12.0. The van der Waals surface area contributed by atoms with E-state index in [9.17, 15) is 20.0 Å². The lowest BCUT2D eigenvalue weighted by Crippen LogP contribution is -2.27. The number of hydrogen-bond donors (Lipinski definition) is 1. The van der Waals surface area contributed by atoms with E-state index in [1.165, 1.54) is 29.2 Å². The lowest BCUT2D eigenvalue weighted by atomic mass is 10.0. The summed E-state index contributed by atoms with van der Waals surface area (Å²) in [7, 11) is 1.51. The van der Waals surface area contributed by atoms with Crippen LogP contribution in [-0.4, -0.2) is 44.3 Å². The molecule has 4 heterocycles. The summed E-state index contributed by atoms with van der Waals surface area (Å²) in [5, 5.41) is 21.7. The molecule has 0 saturated heterocycles. The molecule has 12 heteroatoms. The molecule has 5 aromatic rings. The van der Waals surface area contributed by atoms with E-state index in [1.54, 1.807) is 44.4 Å². The Balaban J connectivity index is 1.52.